The van der Waals surface area contributed by atoms with E-state index in [9.17, 15) is 5.11 Å². The monoisotopic (exact) mass is 592 g/mol. The molecule has 6 aromatic carbocycles. The van der Waals surface area contributed by atoms with Gasteiger partial charge in [-0.1, -0.05) is 92.5 Å². The molecule has 0 amide bonds. The number of hydrogen-bond acceptors (Lipinski definition) is 2. The van der Waals surface area contributed by atoms with Crippen LogP contribution in [0.25, 0.3) is 60.4 Å². The van der Waals surface area contributed by atoms with Crippen LogP contribution in [0.5, 0.6) is 5.75 Å². The van der Waals surface area contributed by atoms with E-state index in [-0.39, 0.29) is 5.75 Å². The first-order valence-electron chi connectivity index (χ1n) is 11.6. The van der Waals surface area contributed by atoms with Gasteiger partial charge in [-0.3, -0.25) is 4.57 Å². The van der Waals surface area contributed by atoms with Crippen LogP contribution in [0.4, 0.5) is 0 Å². The third kappa shape index (κ3) is 3.20. The highest BCUT2D eigenvalue weighted by molar-refractivity contribution is 9.10. The minimum absolute atomic E-state index is 0.233. The minimum atomic E-state index is 0.233. The summed E-state index contributed by atoms with van der Waals surface area (Å²) in [7, 11) is 0. The van der Waals surface area contributed by atoms with Gasteiger partial charge in [-0.15, -0.1) is 0 Å². The molecule has 0 unspecified atom stereocenters. The first kappa shape index (κ1) is 21.6. The highest BCUT2D eigenvalue weighted by atomic mass is 79.9. The van der Waals surface area contributed by atoms with E-state index in [1.54, 1.807) is 0 Å². The number of hydrogen-bond donors (Lipinski definition) is 1. The molecule has 0 atom stereocenters. The summed E-state index contributed by atoms with van der Waals surface area (Å²) in [4.78, 5) is 5.24. The Kier molecular flexibility index (Phi) is 4.91. The van der Waals surface area contributed by atoms with Crippen LogP contribution >= 0.6 is 31.9 Å². The number of para-hydroxylation sites is 1. The van der Waals surface area contributed by atoms with Crippen LogP contribution in [0, 0.1) is 0 Å². The molecule has 0 aliphatic carbocycles. The lowest BCUT2D eigenvalue weighted by atomic mass is 10.00. The zero-order valence-electron chi connectivity index (χ0n) is 18.9. The topological polar surface area (TPSA) is 38.1 Å². The van der Waals surface area contributed by atoms with Crippen LogP contribution in [0.1, 0.15) is 0 Å². The quantitative estimate of drug-likeness (QED) is 0.203. The van der Waals surface area contributed by atoms with Crippen LogP contribution in [0.2, 0.25) is 0 Å². The van der Waals surface area contributed by atoms with Crippen molar-refractivity contribution in [1.29, 1.82) is 0 Å². The zero-order chi connectivity index (χ0) is 24.4. The molecule has 0 aliphatic heterocycles. The summed E-state index contributed by atoms with van der Waals surface area (Å²) in [5.41, 5.74) is 3.58. The molecule has 3 nitrogen and oxygen atoms in total. The molecule has 1 aromatic heterocycles. The Balaban J connectivity index is 1.73. The molecule has 36 heavy (non-hydrogen) atoms. The van der Waals surface area contributed by atoms with Crippen molar-refractivity contribution >= 4 is 75.2 Å². The van der Waals surface area contributed by atoms with E-state index < -0.39 is 0 Å². The van der Waals surface area contributed by atoms with Crippen LogP contribution in [0.3, 0.4) is 0 Å². The van der Waals surface area contributed by atoms with Gasteiger partial charge >= 0.3 is 0 Å². The van der Waals surface area contributed by atoms with Crippen molar-refractivity contribution in [2.24, 2.45) is 0 Å². The number of aromatic nitrogens is 2. The highest BCUT2D eigenvalue weighted by Crippen LogP contribution is 2.43. The average Bonchev–Trinajstić information content (AvgIpc) is 3.30. The SMILES string of the molecule is Oc1c(-c2nc3c4cc(Br)ccc4c4ccc(Br)cc4c3n2-c2ccccc2)ccc2ccccc12. The summed E-state index contributed by atoms with van der Waals surface area (Å²) >= 11 is 7.35. The first-order valence-corrected chi connectivity index (χ1v) is 13.2. The van der Waals surface area contributed by atoms with Crippen LogP contribution < -0.4 is 0 Å². The highest BCUT2D eigenvalue weighted by Gasteiger charge is 2.22. The average molecular weight is 594 g/mol. The predicted octanol–water partition coefficient (Wildman–Crippen LogP) is 9.38. The molecule has 0 spiro atoms. The van der Waals surface area contributed by atoms with E-state index in [4.69, 9.17) is 4.98 Å². The second-order valence-electron chi connectivity index (χ2n) is 8.87. The standard InChI is InChI=1S/C31H18Br2N2O/c32-19-11-14-23-24-15-12-20(33)17-27(24)29-28(26(23)16-19)34-31(35(29)21-7-2-1-3-8-21)25-13-10-18-6-4-5-9-22(18)30(25)36/h1-17,36H. The molecule has 5 heteroatoms. The third-order valence-corrected chi connectivity index (χ3v) is 7.78. The molecular formula is C31H18Br2N2O. The van der Waals surface area contributed by atoms with Crippen molar-refractivity contribution < 1.29 is 5.11 Å². The molecule has 0 fully saturated rings. The number of benzene rings is 6. The molecule has 7 aromatic rings. The van der Waals surface area contributed by atoms with Gasteiger partial charge in [0.05, 0.1) is 16.6 Å². The van der Waals surface area contributed by atoms with Gasteiger partial charge in [-0.25, -0.2) is 4.98 Å². The number of halogens is 2. The lowest BCUT2D eigenvalue weighted by Gasteiger charge is -2.14. The Labute approximate surface area is 223 Å². The summed E-state index contributed by atoms with van der Waals surface area (Å²) in [6.45, 7) is 0. The van der Waals surface area contributed by atoms with E-state index in [1.165, 1.54) is 0 Å². The van der Waals surface area contributed by atoms with Crippen molar-refractivity contribution in [3.63, 3.8) is 0 Å². The molecule has 1 heterocycles. The van der Waals surface area contributed by atoms with Crippen molar-refractivity contribution in [2.75, 3.05) is 0 Å². The van der Waals surface area contributed by atoms with E-state index in [0.717, 1.165) is 58.0 Å². The third-order valence-electron chi connectivity index (χ3n) is 6.80. The molecular weight excluding hydrogens is 576 g/mol. The summed E-state index contributed by atoms with van der Waals surface area (Å²) in [5.74, 6) is 0.935. The number of fused-ring (bicyclic) bond motifs is 7. The summed E-state index contributed by atoms with van der Waals surface area (Å²) < 4.78 is 4.18. The summed E-state index contributed by atoms with van der Waals surface area (Å²) in [6.07, 6.45) is 0. The maximum atomic E-state index is 11.4. The van der Waals surface area contributed by atoms with Gasteiger partial charge in [0.25, 0.3) is 0 Å². The van der Waals surface area contributed by atoms with Gasteiger partial charge < -0.3 is 5.11 Å². The maximum absolute atomic E-state index is 11.4. The number of aromatic hydroxyl groups is 1. The number of phenolic OH excluding ortho intramolecular Hbond substituents is 1. The predicted molar refractivity (Wildman–Crippen MR) is 156 cm³/mol. The number of nitrogens with zero attached hydrogens (tertiary/aromatic N) is 2. The fourth-order valence-electron chi connectivity index (χ4n) is 5.20. The minimum Gasteiger partial charge on any atom is -0.507 e. The second-order valence-corrected chi connectivity index (χ2v) is 10.7. The van der Waals surface area contributed by atoms with Crippen LogP contribution in [-0.4, -0.2) is 14.7 Å². The van der Waals surface area contributed by atoms with E-state index in [0.29, 0.717) is 11.4 Å². The van der Waals surface area contributed by atoms with Gasteiger partial charge in [-0.05, 0) is 58.6 Å². The van der Waals surface area contributed by atoms with Gasteiger partial charge in [0.15, 0.2) is 0 Å². The molecule has 172 valence electrons. The number of imidazole rings is 1. The molecule has 0 radical (unpaired) electrons. The van der Waals surface area contributed by atoms with E-state index in [1.807, 2.05) is 54.6 Å². The van der Waals surface area contributed by atoms with Gasteiger partial charge in [0.1, 0.15) is 11.6 Å². The normalized spacial score (nSPS) is 11.7. The van der Waals surface area contributed by atoms with Gasteiger partial charge in [0, 0.05) is 30.8 Å². The van der Waals surface area contributed by atoms with Gasteiger partial charge in [0.2, 0.25) is 0 Å². The fourth-order valence-corrected chi connectivity index (χ4v) is 5.92. The molecule has 0 saturated heterocycles. The molecule has 0 aliphatic rings. The molecule has 7 rings (SSSR count). The van der Waals surface area contributed by atoms with Crippen molar-refractivity contribution in [3.05, 3.63) is 112 Å². The molecule has 0 saturated carbocycles. The fraction of sp³-hybridized carbons (Fsp3) is 0. The van der Waals surface area contributed by atoms with Crippen LogP contribution in [0.15, 0.2) is 112 Å². The Morgan fingerprint density at radius 2 is 1.28 bits per heavy atom. The Bertz CT molecular complexity index is 1980. The van der Waals surface area contributed by atoms with Gasteiger partial charge in [-0.2, -0.15) is 0 Å². The van der Waals surface area contributed by atoms with Crippen LogP contribution in [-0.2, 0) is 0 Å². The van der Waals surface area contributed by atoms with E-state index in [2.05, 4.69) is 85.0 Å². The lowest BCUT2D eigenvalue weighted by molar-refractivity contribution is 0.483. The zero-order valence-corrected chi connectivity index (χ0v) is 22.1. The van der Waals surface area contributed by atoms with Crippen molar-refractivity contribution in [3.8, 4) is 22.8 Å². The van der Waals surface area contributed by atoms with Crippen molar-refractivity contribution in [2.45, 2.75) is 0 Å². The summed E-state index contributed by atoms with van der Waals surface area (Å²) in [6, 6.07) is 34.9. The Morgan fingerprint density at radius 1 is 0.611 bits per heavy atom. The molecule has 0 bridgehead atoms. The van der Waals surface area contributed by atoms with E-state index >= 15 is 0 Å². The molecule has 1 N–H and O–H groups in total. The number of rotatable bonds is 2. The maximum Gasteiger partial charge on any atom is 0.149 e. The summed E-state index contributed by atoms with van der Waals surface area (Å²) in [5, 5.41) is 17.7. The Morgan fingerprint density at radius 3 is 2.06 bits per heavy atom. The first-order chi connectivity index (χ1) is 17.6. The smallest absolute Gasteiger partial charge is 0.149 e. The Hall–Kier alpha value is -3.67. The second kappa shape index (κ2) is 8.19. The van der Waals surface area contributed by atoms with Crippen molar-refractivity contribution in [1.82, 2.24) is 9.55 Å². The largest absolute Gasteiger partial charge is 0.507 e. The number of phenols is 1. The lowest BCUT2D eigenvalue weighted by Crippen LogP contribution is -1.98.